The van der Waals surface area contributed by atoms with Gasteiger partial charge in [-0.3, -0.25) is 24.6 Å². The van der Waals surface area contributed by atoms with Gasteiger partial charge in [0.2, 0.25) is 11.8 Å². The molecule has 2 aromatic carbocycles. The molecule has 1 aliphatic rings. The predicted molar refractivity (Wildman–Crippen MR) is 144 cm³/mol. The molecule has 9 nitrogen and oxygen atoms in total. The van der Waals surface area contributed by atoms with Crippen LogP contribution >= 0.6 is 0 Å². The summed E-state index contributed by atoms with van der Waals surface area (Å²) in [4.78, 5) is 45.6. The standard InChI is InChI=1S/C28H28F3N5O4/c1-17-6-5-7-22(26(17)33(3)16-19-8-10-21(11-9-19)36(39)40)34(4)27(38)23-12-13-25(37)35(23)24-15-20(28(29,30)31)14-18(2)32-24/h5-11,14-15,23H,12-13,16H2,1-4H3. The van der Waals surface area contributed by atoms with Gasteiger partial charge < -0.3 is 9.80 Å². The Morgan fingerprint density at radius 1 is 1.12 bits per heavy atom. The second-order valence-electron chi connectivity index (χ2n) is 9.79. The van der Waals surface area contributed by atoms with Crippen LogP contribution in [0, 0.1) is 24.0 Å². The molecule has 0 bridgehead atoms. The number of hydrogen-bond donors (Lipinski definition) is 0. The van der Waals surface area contributed by atoms with Crippen molar-refractivity contribution >= 4 is 34.7 Å². The van der Waals surface area contributed by atoms with Crippen molar-refractivity contribution < 1.29 is 27.7 Å². The van der Waals surface area contributed by atoms with E-state index in [0.717, 1.165) is 33.8 Å². The number of anilines is 3. The van der Waals surface area contributed by atoms with Crippen molar-refractivity contribution in [3.8, 4) is 0 Å². The molecular weight excluding hydrogens is 527 g/mol. The fraction of sp³-hybridized carbons (Fsp3) is 0.321. The highest BCUT2D eigenvalue weighted by molar-refractivity contribution is 6.09. The Kier molecular flexibility index (Phi) is 7.81. The number of para-hydroxylation sites is 1. The van der Waals surface area contributed by atoms with Crippen LogP contribution in [0.3, 0.4) is 0 Å². The molecule has 3 aromatic rings. The number of nitro groups is 1. The van der Waals surface area contributed by atoms with Gasteiger partial charge in [-0.25, -0.2) is 4.98 Å². The smallest absolute Gasteiger partial charge is 0.368 e. The number of halogens is 3. The zero-order valence-electron chi connectivity index (χ0n) is 22.4. The third-order valence-corrected chi connectivity index (χ3v) is 6.87. The fourth-order valence-electron chi connectivity index (χ4n) is 4.97. The fourth-order valence-corrected chi connectivity index (χ4v) is 4.97. The van der Waals surface area contributed by atoms with Gasteiger partial charge in [0.1, 0.15) is 11.9 Å². The highest BCUT2D eigenvalue weighted by atomic mass is 19.4. The van der Waals surface area contributed by atoms with Gasteiger partial charge in [-0.2, -0.15) is 13.2 Å². The van der Waals surface area contributed by atoms with Crippen LogP contribution in [-0.2, 0) is 22.3 Å². The Balaban J connectivity index is 1.64. The highest BCUT2D eigenvalue weighted by Crippen LogP contribution is 2.37. The maximum absolute atomic E-state index is 13.8. The maximum Gasteiger partial charge on any atom is 0.416 e. The van der Waals surface area contributed by atoms with E-state index in [9.17, 15) is 32.9 Å². The van der Waals surface area contributed by atoms with Crippen LogP contribution in [-0.4, -0.2) is 41.9 Å². The zero-order valence-corrected chi connectivity index (χ0v) is 22.4. The van der Waals surface area contributed by atoms with Crippen molar-refractivity contribution in [2.24, 2.45) is 0 Å². The number of carbonyl (C=O) groups excluding carboxylic acids is 2. The molecule has 0 saturated carbocycles. The van der Waals surface area contributed by atoms with Gasteiger partial charge in [-0.1, -0.05) is 24.3 Å². The molecular formula is C28H28F3N5O4. The molecule has 1 aliphatic heterocycles. The second kappa shape index (κ2) is 10.9. The number of non-ortho nitro benzene ring substituents is 1. The first-order valence-corrected chi connectivity index (χ1v) is 12.5. The van der Waals surface area contributed by atoms with Gasteiger partial charge in [0.15, 0.2) is 0 Å². The highest BCUT2D eigenvalue weighted by Gasteiger charge is 2.41. The first kappa shape index (κ1) is 28.5. The minimum Gasteiger partial charge on any atom is -0.368 e. The third-order valence-electron chi connectivity index (χ3n) is 6.87. The molecule has 2 amide bonds. The number of aromatic nitrogens is 1. The van der Waals surface area contributed by atoms with Gasteiger partial charge in [-0.05, 0) is 49.6 Å². The Hall–Kier alpha value is -4.48. The van der Waals surface area contributed by atoms with E-state index in [-0.39, 0.29) is 30.0 Å². The van der Waals surface area contributed by atoms with Crippen LogP contribution in [0.4, 0.5) is 36.1 Å². The van der Waals surface area contributed by atoms with Crippen LogP contribution in [0.5, 0.6) is 0 Å². The van der Waals surface area contributed by atoms with E-state index >= 15 is 0 Å². The number of nitro benzene ring substituents is 1. The summed E-state index contributed by atoms with van der Waals surface area (Å²) in [6.07, 6.45) is -4.49. The second-order valence-corrected chi connectivity index (χ2v) is 9.79. The first-order chi connectivity index (χ1) is 18.8. The SMILES string of the molecule is Cc1cc(C(F)(F)F)cc(N2C(=O)CCC2C(=O)N(C)c2cccc(C)c2N(C)Cc2ccc([N+](=O)[O-])cc2)n1. The minimum atomic E-state index is -4.63. The van der Waals surface area contributed by atoms with Gasteiger partial charge in [0.25, 0.3) is 5.69 Å². The van der Waals surface area contributed by atoms with E-state index in [4.69, 9.17) is 0 Å². The van der Waals surface area contributed by atoms with Gasteiger partial charge >= 0.3 is 6.18 Å². The Morgan fingerprint density at radius 3 is 2.42 bits per heavy atom. The molecule has 0 spiro atoms. The lowest BCUT2D eigenvalue weighted by molar-refractivity contribution is -0.384. The summed E-state index contributed by atoms with van der Waals surface area (Å²) >= 11 is 0. The Labute approximate surface area is 229 Å². The molecule has 1 aromatic heterocycles. The number of benzene rings is 2. The van der Waals surface area contributed by atoms with Crippen molar-refractivity contribution in [2.45, 2.75) is 45.5 Å². The van der Waals surface area contributed by atoms with Gasteiger partial charge in [0, 0.05) is 44.9 Å². The van der Waals surface area contributed by atoms with Gasteiger partial charge in [0.05, 0.1) is 21.9 Å². The minimum absolute atomic E-state index is 0.00193. The van der Waals surface area contributed by atoms with E-state index in [1.165, 1.54) is 24.0 Å². The molecule has 4 rings (SSSR count). The zero-order chi connectivity index (χ0) is 29.4. The summed E-state index contributed by atoms with van der Waals surface area (Å²) in [6, 6.07) is 12.2. The molecule has 0 N–H and O–H groups in total. The molecule has 1 fully saturated rings. The summed E-state index contributed by atoms with van der Waals surface area (Å²) < 4.78 is 40.4. The lowest BCUT2D eigenvalue weighted by Gasteiger charge is -2.32. The van der Waals surface area contributed by atoms with Crippen LogP contribution in [0.2, 0.25) is 0 Å². The average Bonchev–Trinajstić information content (AvgIpc) is 3.28. The quantitative estimate of drug-likeness (QED) is 0.285. The number of alkyl halides is 3. The van der Waals surface area contributed by atoms with Crippen molar-refractivity contribution in [3.05, 3.63) is 87.1 Å². The third kappa shape index (κ3) is 5.75. The molecule has 1 atom stereocenters. The number of aryl methyl sites for hydroxylation is 2. The van der Waals surface area contributed by atoms with Crippen molar-refractivity contribution in [1.29, 1.82) is 0 Å². The van der Waals surface area contributed by atoms with E-state index in [0.29, 0.717) is 12.2 Å². The summed E-state index contributed by atoms with van der Waals surface area (Å²) in [6.45, 7) is 3.67. The predicted octanol–water partition coefficient (Wildman–Crippen LogP) is 5.42. The summed E-state index contributed by atoms with van der Waals surface area (Å²) in [7, 11) is 3.39. The number of pyridine rings is 1. The Bertz CT molecular complexity index is 1460. The number of hydrogen-bond acceptors (Lipinski definition) is 6. The first-order valence-electron chi connectivity index (χ1n) is 12.5. The number of likely N-dealkylation sites (N-methyl/N-ethyl adjacent to an activating group) is 1. The van der Waals surface area contributed by atoms with Crippen LogP contribution in [0.15, 0.2) is 54.6 Å². The lowest BCUT2D eigenvalue weighted by atomic mass is 10.1. The number of rotatable bonds is 7. The number of carbonyl (C=O) groups is 2. The molecule has 40 heavy (non-hydrogen) atoms. The van der Waals surface area contributed by atoms with Crippen molar-refractivity contribution in [2.75, 3.05) is 28.8 Å². The van der Waals surface area contributed by atoms with E-state index < -0.39 is 34.5 Å². The van der Waals surface area contributed by atoms with Crippen LogP contribution < -0.4 is 14.7 Å². The molecule has 210 valence electrons. The van der Waals surface area contributed by atoms with Crippen LogP contribution in [0.25, 0.3) is 0 Å². The molecule has 0 aliphatic carbocycles. The summed E-state index contributed by atoms with van der Waals surface area (Å²) in [5, 5.41) is 11.0. The van der Waals surface area contributed by atoms with Crippen molar-refractivity contribution in [3.63, 3.8) is 0 Å². The average molecular weight is 556 g/mol. The maximum atomic E-state index is 13.8. The molecule has 1 saturated heterocycles. The van der Waals surface area contributed by atoms with Crippen molar-refractivity contribution in [1.82, 2.24) is 4.98 Å². The van der Waals surface area contributed by atoms with Crippen LogP contribution in [0.1, 0.15) is 35.2 Å². The lowest BCUT2D eigenvalue weighted by Crippen LogP contribution is -2.46. The molecule has 2 heterocycles. The monoisotopic (exact) mass is 555 g/mol. The number of nitrogens with zero attached hydrogens (tertiary/aromatic N) is 5. The molecule has 1 unspecified atom stereocenters. The Morgan fingerprint density at radius 2 is 1.80 bits per heavy atom. The van der Waals surface area contributed by atoms with Gasteiger partial charge in [-0.15, -0.1) is 0 Å². The summed E-state index contributed by atoms with van der Waals surface area (Å²) in [5.41, 5.74) is 2.06. The van der Waals surface area contributed by atoms with E-state index in [2.05, 4.69) is 4.98 Å². The molecule has 12 heteroatoms. The largest absolute Gasteiger partial charge is 0.416 e. The summed E-state index contributed by atoms with van der Waals surface area (Å²) in [5.74, 6) is -1.14. The van der Waals surface area contributed by atoms with E-state index in [1.54, 1.807) is 31.3 Å². The van der Waals surface area contributed by atoms with E-state index in [1.807, 2.05) is 24.9 Å². The molecule has 0 radical (unpaired) electrons. The topological polar surface area (TPSA) is 99.9 Å². The number of amides is 2. The normalized spacial score (nSPS) is 15.3.